The Morgan fingerprint density at radius 1 is 1.06 bits per heavy atom. The predicted octanol–water partition coefficient (Wildman–Crippen LogP) is 3.45. The molecule has 8 heteroatoms. The quantitative estimate of drug-likeness (QED) is 0.535. The Morgan fingerprint density at radius 2 is 1.75 bits per heavy atom. The average Bonchev–Trinajstić information content (AvgIpc) is 3.23. The molecule has 0 bridgehead atoms. The van der Waals surface area contributed by atoms with Gasteiger partial charge in [0.25, 0.3) is 0 Å². The van der Waals surface area contributed by atoms with Crippen molar-refractivity contribution in [1.82, 2.24) is 14.6 Å². The molecule has 0 atom stereocenters. The first-order valence-corrected chi connectivity index (χ1v) is 12.3. The van der Waals surface area contributed by atoms with E-state index >= 15 is 0 Å². The Labute approximate surface area is 187 Å². The zero-order chi connectivity index (χ0) is 22.7. The number of rotatable bonds is 7. The number of Topliss-reactive ketones (excluding diaryl/α,β-unsaturated/α-hetero) is 1. The van der Waals surface area contributed by atoms with Gasteiger partial charge in [0.1, 0.15) is 0 Å². The number of para-hydroxylation sites is 1. The van der Waals surface area contributed by atoms with Crippen molar-refractivity contribution in [2.75, 3.05) is 19.6 Å². The lowest BCUT2D eigenvalue weighted by molar-refractivity contribution is -0.132. The highest BCUT2D eigenvalue weighted by Crippen LogP contribution is 2.33. The summed E-state index contributed by atoms with van der Waals surface area (Å²) < 4.78 is 27.3. The first-order chi connectivity index (χ1) is 15.3. The number of hydrogen-bond donors (Lipinski definition) is 2. The van der Waals surface area contributed by atoms with Gasteiger partial charge in [0.05, 0.1) is 4.90 Å². The van der Waals surface area contributed by atoms with E-state index in [0.717, 1.165) is 18.4 Å². The number of sulfonamides is 1. The second kappa shape index (κ2) is 9.26. The number of carbonyl (C=O) groups excluding carboxylic acids is 2. The fraction of sp³-hybridized carbons (Fsp3) is 0.333. The van der Waals surface area contributed by atoms with E-state index in [1.807, 2.05) is 17.0 Å². The summed E-state index contributed by atoms with van der Waals surface area (Å²) in [7, 11) is -3.72. The number of nitrogens with zero attached hydrogens (tertiary/aromatic N) is 1. The highest BCUT2D eigenvalue weighted by molar-refractivity contribution is 7.89. The molecule has 1 aliphatic heterocycles. The Bertz CT molecular complexity index is 1220. The van der Waals surface area contributed by atoms with Crippen molar-refractivity contribution in [3.63, 3.8) is 0 Å². The molecule has 3 aromatic rings. The number of ketones is 1. The smallest absolute Gasteiger partial charge is 0.240 e. The van der Waals surface area contributed by atoms with Gasteiger partial charge in [-0.05, 0) is 49.4 Å². The largest absolute Gasteiger partial charge is 0.361 e. The summed E-state index contributed by atoms with van der Waals surface area (Å²) >= 11 is 0. The van der Waals surface area contributed by atoms with Gasteiger partial charge < -0.3 is 9.88 Å². The van der Waals surface area contributed by atoms with Crippen molar-refractivity contribution in [3.8, 4) is 0 Å². The van der Waals surface area contributed by atoms with Crippen molar-refractivity contribution in [1.29, 1.82) is 0 Å². The molecule has 1 aliphatic rings. The minimum Gasteiger partial charge on any atom is -0.361 e. The molecule has 0 aliphatic carbocycles. The van der Waals surface area contributed by atoms with Crippen LogP contribution in [0.4, 0.5) is 0 Å². The van der Waals surface area contributed by atoms with Gasteiger partial charge in [0.2, 0.25) is 15.9 Å². The summed E-state index contributed by atoms with van der Waals surface area (Å²) in [6, 6.07) is 14.0. The molecule has 2 heterocycles. The number of H-pyrrole nitrogens is 1. The molecule has 0 radical (unpaired) electrons. The summed E-state index contributed by atoms with van der Waals surface area (Å²) in [5.41, 5.74) is 2.88. The van der Waals surface area contributed by atoms with Gasteiger partial charge in [-0.1, -0.05) is 30.3 Å². The Morgan fingerprint density at radius 3 is 2.44 bits per heavy atom. The minimum absolute atomic E-state index is 0.0397. The number of piperidine rings is 1. The summed E-state index contributed by atoms with van der Waals surface area (Å²) in [6.45, 7) is 2.80. The maximum atomic E-state index is 12.6. The van der Waals surface area contributed by atoms with Crippen LogP contribution in [0.3, 0.4) is 0 Å². The number of hydrogen-bond acceptors (Lipinski definition) is 4. The molecule has 1 fully saturated rings. The first-order valence-electron chi connectivity index (χ1n) is 10.8. The van der Waals surface area contributed by atoms with Crippen molar-refractivity contribution in [2.24, 2.45) is 0 Å². The molecule has 7 nitrogen and oxygen atoms in total. The first kappa shape index (κ1) is 22.2. The molecule has 0 unspecified atom stereocenters. The van der Waals surface area contributed by atoms with Crippen molar-refractivity contribution < 1.29 is 18.0 Å². The van der Waals surface area contributed by atoms with Crippen LogP contribution in [0.25, 0.3) is 10.9 Å². The van der Waals surface area contributed by atoms with Crippen LogP contribution >= 0.6 is 0 Å². The van der Waals surface area contributed by atoms with Crippen molar-refractivity contribution in [3.05, 3.63) is 65.9 Å². The van der Waals surface area contributed by atoms with Gasteiger partial charge in [-0.2, -0.15) is 0 Å². The van der Waals surface area contributed by atoms with E-state index in [0.29, 0.717) is 24.6 Å². The van der Waals surface area contributed by atoms with E-state index in [1.54, 1.807) is 0 Å². The summed E-state index contributed by atoms with van der Waals surface area (Å²) in [5.74, 6) is 0.240. The fourth-order valence-electron chi connectivity index (χ4n) is 4.27. The highest BCUT2D eigenvalue weighted by atomic mass is 32.2. The van der Waals surface area contributed by atoms with Gasteiger partial charge in [-0.3, -0.25) is 9.59 Å². The number of benzene rings is 2. The highest BCUT2D eigenvalue weighted by Gasteiger charge is 2.25. The summed E-state index contributed by atoms with van der Waals surface area (Å²) in [4.78, 5) is 29.2. The SMILES string of the molecule is CC(=O)c1ccc(S(=O)(=O)NCCC(=O)N2CCC(c3c[nH]c4ccccc34)CC2)cc1. The third kappa shape index (κ3) is 4.76. The van der Waals surface area contributed by atoms with Crippen molar-refractivity contribution in [2.45, 2.75) is 37.0 Å². The lowest BCUT2D eigenvalue weighted by Crippen LogP contribution is -2.39. The summed E-state index contributed by atoms with van der Waals surface area (Å²) in [6.07, 6.45) is 3.97. The average molecular weight is 454 g/mol. The molecule has 168 valence electrons. The van der Waals surface area contributed by atoms with Gasteiger partial charge in [0, 0.05) is 48.7 Å². The third-order valence-corrected chi connectivity index (χ3v) is 7.59. The number of likely N-dealkylation sites (tertiary alicyclic amines) is 1. The Kier molecular flexibility index (Phi) is 6.43. The third-order valence-electron chi connectivity index (χ3n) is 6.11. The molecule has 1 aromatic heterocycles. The molecule has 2 N–H and O–H groups in total. The zero-order valence-corrected chi connectivity index (χ0v) is 18.8. The van der Waals surface area contributed by atoms with Crippen LogP contribution in [0.2, 0.25) is 0 Å². The van der Waals surface area contributed by atoms with Crippen LogP contribution in [0.15, 0.2) is 59.6 Å². The van der Waals surface area contributed by atoms with E-state index in [4.69, 9.17) is 0 Å². The second-order valence-corrected chi connectivity index (χ2v) is 9.94. The number of amides is 1. The minimum atomic E-state index is -3.72. The summed E-state index contributed by atoms with van der Waals surface area (Å²) in [5, 5.41) is 1.24. The van der Waals surface area contributed by atoms with Gasteiger partial charge in [-0.25, -0.2) is 13.1 Å². The maximum absolute atomic E-state index is 12.6. The van der Waals surface area contributed by atoms with E-state index in [1.165, 1.54) is 42.1 Å². The van der Waals surface area contributed by atoms with Crippen LogP contribution in [0, 0.1) is 0 Å². The number of fused-ring (bicyclic) bond motifs is 1. The van der Waals surface area contributed by atoms with E-state index in [2.05, 4.69) is 28.0 Å². The molecule has 32 heavy (non-hydrogen) atoms. The van der Waals surface area contributed by atoms with Crippen LogP contribution in [0.5, 0.6) is 0 Å². The van der Waals surface area contributed by atoms with Gasteiger partial charge in [0.15, 0.2) is 5.78 Å². The number of carbonyl (C=O) groups is 2. The standard InChI is InChI=1S/C24H27N3O4S/c1-17(28)18-6-8-20(9-7-18)32(30,31)26-13-10-24(29)27-14-11-19(12-15-27)22-16-25-23-5-3-2-4-21(22)23/h2-9,16,19,25-26H,10-15H2,1H3. The lowest BCUT2D eigenvalue weighted by Gasteiger charge is -2.32. The number of aromatic nitrogens is 1. The van der Waals surface area contributed by atoms with Gasteiger partial charge in [-0.15, -0.1) is 0 Å². The molecule has 4 rings (SSSR count). The molecule has 0 saturated carbocycles. The van der Waals surface area contributed by atoms with E-state index in [9.17, 15) is 18.0 Å². The Hall–Kier alpha value is -2.97. The van der Waals surface area contributed by atoms with Crippen LogP contribution in [0.1, 0.15) is 48.0 Å². The van der Waals surface area contributed by atoms with Gasteiger partial charge >= 0.3 is 0 Å². The molecular formula is C24H27N3O4S. The topological polar surface area (TPSA) is 99.3 Å². The monoisotopic (exact) mass is 453 g/mol. The predicted molar refractivity (Wildman–Crippen MR) is 123 cm³/mol. The number of nitrogens with one attached hydrogen (secondary N) is 2. The van der Waals surface area contributed by atoms with E-state index in [-0.39, 0.29) is 29.6 Å². The fourth-order valence-corrected chi connectivity index (χ4v) is 5.31. The zero-order valence-electron chi connectivity index (χ0n) is 18.0. The van der Waals surface area contributed by atoms with E-state index < -0.39 is 10.0 Å². The van der Waals surface area contributed by atoms with Crippen LogP contribution in [-0.4, -0.2) is 49.6 Å². The van der Waals surface area contributed by atoms with Crippen molar-refractivity contribution >= 4 is 32.6 Å². The Balaban J connectivity index is 1.27. The second-order valence-electron chi connectivity index (χ2n) is 8.17. The maximum Gasteiger partial charge on any atom is 0.240 e. The van der Waals surface area contributed by atoms with Crippen LogP contribution < -0.4 is 4.72 Å². The van der Waals surface area contributed by atoms with Crippen LogP contribution in [-0.2, 0) is 14.8 Å². The lowest BCUT2D eigenvalue weighted by atomic mass is 9.89. The molecular weight excluding hydrogens is 426 g/mol. The molecule has 1 saturated heterocycles. The molecule has 1 amide bonds. The normalized spacial score (nSPS) is 15.2. The molecule has 2 aromatic carbocycles. The number of aromatic amines is 1. The molecule has 0 spiro atoms.